The van der Waals surface area contributed by atoms with E-state index in [2.05, 4.69) is 0 Å². The Morgan fingerprint density at radius 3 is 3.00 bits per heavy atom. The number of rotatable bonds is 3. The quantitative estimate of drug-likeness (QED) is 0.798. The Morgan fingerprint density at radius 2 is 2.20 bits per heavy atom. The summed E-state index contributed by atoms with van der Waals surface area (Å²) in [5.41, 5.74) is 0. The van der Waals surface area contributed by atoms with Crippen molar-refractivity contribution in [3.05, 3.63) is 16.3 Å². The highest BCUT2D eigenvalue weighted by Gasteiger charge is 2.41. The molecule has 0 radical (unpaired) electrons. The lowest BCUT2D eigenvalue weighted by Gasteiger charge is -2.42. The largest absolute Gasteiger partial charge is 0.375 e. The molecule has 2 aliphatic rings. The summed E-state index contributed by atoms with van der Waals surface area (Å²) in [6, 6.07) is 1.66. The summed E-state index contributed by atoms with van der Waals surface area (Å²) < 4.78 is 33.2. The van der Waals surface area contributed by atoms with E-state index in [1.165, 1.54) is 11.3 Å². The fraction of sp³-hybridized carbons (Fsp3) is 0.692. The molecule has 2 fully saturated rings. The van der Waals surface area contributed by atoms with Gasteiger partial charge in [-0.25, -0.2) is 8.42 Å². The van der Waals surface area contributed by atoms with Gasteiger partial charge >= 0.3 is 0 Å². The van der Waals surface area contributed by atoms with Gasteiger partial charge in [0, 0.05) is 11.4 Å². The van der Waals surface area contributed by atoms with Crippen molar-refractivity contribution >= 4 is 33.0 Å². The van der Waals surface area contributed by atoms with Gasteiger partial charge in [-0.15, -0.1) is 22.9 Å². The van der Waals surface area contributed by atoms with Gasteiger partial charge in [0.05, 0.1) is 29.5 Å². The van der Waals surface area contributed by atoms with Gasteiger partial charge in [0.15, 0.2) is 0 Å². The lowest BCUT2D eigenvalue weighted by atomic mass is 9.91. The van der Waals surface area contributed by atoms with Crippen LogP contribution in [-0.2, 0) is 20.6 Å². The van der Waals surface area contributed by atoms with Crippen LogP contribution in [-0.4, -0.2) is 38.0 Å². The number of nitrogens with zero attached hydrogens (tertiary/aromatic N) is 1. The molecular formula is C13H18ClNO3S2. The molecule has 1 saturated heterocycles. The smallest absolute Gasteiger partial charge is 0.244 e. The maximum Gasteiger partial charge on any atom is 0.244 e. The van der Waals surface area contributed by atoms with Crippen molar-refractivity contribution in [2.24, 2.45) is 0 Å². The van der Waals surface area contributed by atoms with Gasteiger partial charge in [-0.05, 0) is 24.3 Å². The van der Waals surface area contributed by atoms with Gasteiger partial charge in [-0.3, -0.25) is 0 Å². The molecule has 4 nitrogen and oxygen atoms in total. The second-order valence-corrected chi connectivity index (χ2v) is 8.35. The Labute approximate surface area is 128 Å². The Balaban J connectivity index is 1.93. The number of alkyl halides is 1. The maximum absolute atomic E-state index is 12.9. The van der Waals surface area contributed by atoms with Crippen LogP contribution in [0.4, 0.5) is 0 Å². The highest BCUT2D eigenvalue weighted by Crippen LogP contribution is 2.34. The highest BCUT2D eigenvalue weighted by molar-refractivity contribution is 7.89. The average Bonchev–Trinajstić information content (AvgIpc) is 2.96. The van der Waals surface area contributed by atoms with Crippen LogP contribution in [0.25, 0.3) is 0 Å². The Bertz CT molecular complexity index is 570. The molecule has 112 valence electrons. The molecule has 0 amide bonds. The zero-order chi connectivity index (χ0) is 14.2. The van der Waals surface area contributed by atoms with Gasteiger partial charge in [0.1, 0.15) is 0 Å². The number of sulfonamides is 1. The SMILES string of the molecule is O=S(=O)(c1ccsc1CCl)N1CCOC2CCCCC21. The van der Waals surface area contributed by atoms with Crippen molar-refractivity contribution in [2.45, 2.75) is 48.6 Å². The van der Waals surface area contributed by atoms with Gasteiger partial charge in [-0.2, -0.15) is 4.31 Å². The van der Waals surface area contributed by atoms with Crippen molar-refractivity contribution in [2.75, 3.05) is 13.2 Å². The number of hydrogen-bond acceptors (Lipinski definition) is 4. The summed E-state index contributed by atoms with van der Waals surface area (Å²) in [5.74, 6) is 0.241. The van der Waals surface area contributed by atoms with E-state index in [9.17, 15) is 8.42 Å². The lowest BCUT2D eigenvalue weighted by molar-refractivity contribution is -0.0586. The number of thiophene rings is 1. The molecule has 1 aliphatic carbocycles. The van der Waals surface area contributed by atoms with Crippen LogP contribution < -0.4 is 0 Å². The molecule has 3 rings (SSSR count). The molecule has 1 aromatic rings. The minimum Gasteiger partial charge on any atom is -0.375 e. The van der Waals surface area contributed by atoms with Crippen LogP contribution in [0.2, 0.25) is 0 Å². The van der Waals surface area contributed by atoms with Crippen LogP contribution in [0.3, 0.4) is 0 Å². The highest BCUT2D eigenvalue weighted by atomic mass is 35.5. The summed E-state index contributed by atoms with van der Waals surface area (Å²) in [7, 11) is -3.45. The van der Waals surface area contributed by atoms with Gasteiger partial charge in [0.2, 0.25) is 10.0 Å². The summed E-state index contributed by atoms with van der Waals surface area (Å²) in [6.45, 7) is 0.932. The third-order valence-electron chi connectivity index (χ3n) is 4.09. The van der Waals surface area contributed by atoms with Crippen LogP contribution in [0.15, 0.2) is 16.3 Å². The van der Waals surface area contributed by atoms with Crippen molar-refractivity contribution in [3.8, 4) is 0 Å². The zero-order valence-corrected chi connectivity index (χ0v) is 13.5. The number of halogens is 1. The first-order valence-electron chi connectivity index (χ1n) is 6.90. The zero-order valence-electron chi connectivity index (χ0n) is 11.1. The molecule has 1 aromatic heterocycles. The third kappa shape index (κ3) is 2.52. The van der Waals surface area contributed by atoms with Crippen molar-refractivity contribution in [3.63, 3.8) is 0 Å². The lowest BCUT2D eigenvalue weighted by Crippen LogP contribution is -2.54. The minimum atomic E-state index is -3.45. The van der Waals surface area contributed by atoms with E-state index in [1.54, 1.807) is 15.8 Å². The van der Waals surface area contributed by atoms with Gasteiger partial charge in [0.25, 0.3) is 0 Å². The number of fused-ring (bicyclic) bond motifs is 1. The average molecular weight is 336 g/mol. The molecule has 2 atom stereocenters. The van der Waals surface area contributed by atoms with Gasteiger partial charge < -0.3 is 4.74 Å². The predicted octanol–water partition coefficient (Wildman–Crippen LogP) is 2.82. The normalized spacial score (nSPS) is 28.2. The molecule has 20 heavy (non-hydrogen) atoms. The van der Waals surface area contributed by atoms with E-state index >= 15 is 0 Å². The second kappa shape index (κ2) is 5.93. The fourth-order valence-electron chi connectivity index (χ4n) is 3.14. The van der Waals surface area contributed by atoms with Crippen LogP contribution in [0, 0.1) is 0 Å². The van der Waals surface area contributed by atoms with Crippen LogP contribution in [0.5, 0.6) is 0 Å². The van der Waals surface area contributed by atoms with Gasteiger partial charge in [-0.1, -0.05) is 12.8 Å². The monoisotopic (exact) mass is 335 g/mol. The van der Waals surface area contributed by atoms with E-state index in [-0.39, 0.29) is 18.0 Å². The van der Waals surface area contributed by atoms with Crippen molar-refractivity contribution in [1.82, 2.24) is 4.31 Å². The summed E-state index contributed by atoms with van der Waals surface area (Å²) in [5, 5.41) is 1.80. The molecule has 0 aromatic carbocycles. The molecular weight excluding hydrogens is 318 g/mol. The summed E-state index contributed by atoms with van der Waals surface area (Å²) in [6.07, 6.45) is 4.11. The van der Waals surface area contributed by atoms with Crippen molar-refractivity contribution < 1.29 is 13.2 Å². The number of morpholine rings is 1. The number of hydrogen-bond donors (Lipinski definition) is 0. The second-order valence-electron chi connectivity index (χ2n) is 5.22. The first-order valence-corrected chi connectivity index (χ1v) is 9.76. The standard InChI is InChI=1S/C13H18ClNO3S2/c14-9-12-13(5-8-19-12)20(16,17)15-6-7-18-11-4-2-1-3-10(11)15/h5,8,10-11H,1-4,6-7,9H2. The first-order chi connectivity index (χ1) is 9.64. The molecule has 0 bridgehead atoms. The first kappa shape index (κ1) is 14.8. The Kier molecular flexibility index (Phi) is 4.38. The Hall–Kier alpha value is -0.140. The third-order valence-corrected chi connectivity index (χ3v) is 7.58. The molecule has 1 aliphatic heterocycles. The van der Waals surface area contributed by atoms with Crippen LogP contribution >= 0.6 is 22.9 Å². The maximum atomic E-state index is 12.9. The van der Waals surface area contributed by atoms with E-state index < -0.39 is 10.0 Å². The molecule has 2 unspecified atom stereocenters. The molecule has 2 heterocycles. The minimum absolute atomic E-state index is 0.00873. The van der Waals surface area contributed by atoms with E-state index in [1.807, 2.05) is 0 Å². The topological polar surface area (TPSA) is 46.6 Å². The van der Waals surface area contributed by atoms with Crippen molar-refractivity contribution in [1.29, 1.82) is 0 Å². The summed E-state index contributed by atoms with van der Waals surface area (Å²) >= 11 is 7.26. The Morgan fingerprint density at radius 1 is 1.40 bits per heavy atom. The van der Waals surface area contributed by atoms with E-state index in [0.717, 1.165) is 30.6 Å². The predicted molar refractivity (Wildman–Crippen MR) is 79.8 cm³/mol. The number of ether oxygens (including phenoxy) is 1. The molecule has 1 saturated carbocycles. The van der Waals surface area contributed by atoms with E-state index in [4.69, 9.17) is 16.3 Å². The molecule has 0 N–H and O–H groups in total. The molecule has 7 heteroatoms. The van der Waals surface area contributed by atoms with E-state index in [0.29, 0.717) is 18.0 Å². The summed E-state index contributed by atoms with van der Waals surface area (Å²) in [4.78, 5) is 1.11. The fourth-order valence-corrected chi connectivity index (χ4v) is 6.48. The van der Waals surface area contributed by atoms with Crippen LogP contribution in [0.1, 0.15) is 30.6 Å². The molecule has 0 spiro atoms.